The number of ether oxygens (including phenoxy) is 2. The van der Waals surface area contributed by atoms with Crippen molar-refractivity contribution in [2.45, 2.75) is 24.8 Å². The number of nitrogens with zero attached hydrogens (tertiary/aromatic N) is 4. The van der Waals surface area contributed by atoms with Crippen LogP contribution in [0.5, 0.6) is 5.75 Å². The summed E-state index contributed by atoms with van der Waals surface area (Å²) in [4.78, 5) is 28.1. The normalized spacial score (nSPS) is 16.8. The van der Waals surface area contributed by atoms with Crippen LogP contribution in [0.3, 0.4) is 0 Å². The smallest absolute Gasteiger partial charge is 0.410 e. The molecular weight excluding hydrogens is 448 g/mol. The zero-order valence-corrected chi connectivity index (χ0v) is 18.7. The quantitative estimate of drug-likeness (QED) is 0.273. The molecule has 3 aromatic carbocycles. The molecule has 1 aliphatic carbocycles. The summed E-state index contributed by atoms with van der Waals surface area (Å²) >= 11 is 0. The molecule has 4 aromatic rings. The molecule has 35 heavy (non-hydrogen) atoms. The average molecular weight is 470 g/mol. The highest BCUT2D eigenvalue weighted by Crippen LogP contribution is 2.44. The molecule has 0 bridgehead atoms. The highest BCUT2D eigenvalue weighted by Gasteiger charge is 2.38. The minimum absolute atomic E-state index is 0.0574. The van der Waals surface area contributed by atoms with E-state index in [1.165, 1.54) is 4.90 Å². The van der Waals surface area contributed by atoms with Gasteiger partial charge in [0.15, 0.2) is 11.3 Å². The summed E-state index contributed by atoms with van der Waals surface area (Å²) in [5, 5.41) is 17.1. The molecule has 2 heterocycles. The number of carbonyl (C=O) groups is 2. The van der Waals surface area contributed by atoms with Gasteiger partial charge in [-0.3, -0.25) is 4.90 Å². The molecule has 0 spiro atoms. The van der Waals surface area contributed by atoms with E-state index < -0.39 is 18.1 Å². The molecule has 0 radical (unpaired) electrons. The Hall–Kier alpha value is -4.40. The number of benzene rings is 3. The van der Waals surface area contributed by atoms with Gasteiger partial charge >= 0.3 is 12.1 Å². The van der Waals surface area contributed by atoms with Gasteiger partial charge in [0.1, 0.15) is 18.2 Å². The molecule has 1 aromatic heterocycles. The van der Waals surface area contributed by atoms with Gasteiger partial charge in [0, 0.05) is 12.5 Å². The third-order valence-electron chi connectivity index (χ3n) is 6.73. The number of amides is 1. The monoisotopic (exact) mass is 470 g/mol. The third-order valence-corrected chi connectivity index (χ3v) is 6.73. The predicted molar refractivity (Wildman–Crippen MR) is 125 cm³/mol. The van der Waals surface area contributed by atoms with Gasteiger partial charge in [-0.1, -0.05) is 59.4 Å². The number of rotatable bonds is 4. The first-order valence-electron chi connectivity index (χ1n) is 11.5. The molecule has 1 saturated heterocycles. The fourth-order valence-electron chi connectivity index (χ4n) is 5.07. The molecule has 0 unspecified atom stereocenters. The van der Waals surface area contributed by atoms with Gasteiger partial charge in [0.2, 0.25) is 0 Å². The lowest BCUT2D eigenvalue weighted by molar-refractivity contribution is -0.138. The lowest BCUT2D eigenvalue weighted by Gasteiger charge is -2.24. The number of fused-ring (bicyclic) bond motifs is 4. The lowest BCUT2D eigenvalue weighted by atomic mass is 9.98. The second-order valence-corrected chi connectivity index (χ2v) is 8.68. The summed E-state index contributed by atoms with van der Waals surface area (Å²) in [5.74, 6) is -0.457. The van der Waals surface area contributed by atoms with Crippen LogP contribution in [0.2, 0.25) is 0 Å². The Labute approximate surface area is 200 Å². The summed E-state index contributed by atoms with van der Waals surface area (Å²) in [5.41, 5.74) is 5.14. The number of likely N-dealkylation sites (tertiary alicyclic amines) is 1. The van der Waals surface area contributed by atoms with Gasteiger partial charge in [-0.2, -0.15) is 0 Å². The number of aromatic nitrogens is 3. The summed E-state index contributed by atoms with van der Waals surface area (Å²) in [6, 6.07) is 20.3. The van der Waals surface area contributed by atoms with Crippen molar-refractivity contribution in [3.8, 4) is 16.9 Å². The Balaban J connectivity index is 1.16. The van der Waals surface area contributed by atoms with Crippen LogP contribution < -0.4 is 4.74 Å². The molecule has 1 aliphatic heterocycles. The second kappa shape index (κ2) is 8.43. The maximum absolute atomic E-state index is 13.0. The van der Waals surface area contributed by atoms with Crippen molar-refractivity contribution < 1.29 is 24.3 Å². The van der Waals surface area contributed by atoms with Crippen LogP contribution in [0.25, 0.3) is 22.2 Å². The Kier molecular flexibility index (Phi) is 5.09. The standard InChI is InChI=1S/C26H22N4O5/c31-25(35-23-13-5-11-21-24(23)27-28-30(21)33)22-12-6-14-29(22)26(32)34-15-20-18-9-3-1-7-16(18)17-8-2-4-10-19(17)20/h1-5,7-11,13,20,22,33H,6,12,14-15H2/t22-/m1/s1. The number of carbonyl (C=O) groups excluding carboxylic acids is 2. The molecular formula is C26H22N4O5. The zero-order chi connectivity index (χ0) is 23.9. The number of hydrogen-bond donors (Lipinski definition) is 1. The molecule has 9 nitrogen and oxygen atoms in total. The minimum Gasteiger partial charge on any atom is -0.448 e. The van der Waals surface area contributed by atoms with Gasteiger partial charge in [-0.15, -0.1) is 5.10 Å². The SMILES string of the molecule is O=C(Oc1cccc2c1nnn2O)[C@H]1CCCN1C(=O)OCC1c2ccccc2-c2ccccc21. The minimum atomic E-state index is -0.759. The van der Waals surface area contributed by atoms with E-state index in [9.17, 15) is 14.8 Å². The van der Waals surface area contributed by atoms with Crippen LogP contribution in [-0.4, -0.2) is 56.5 Å². The van der Waals surface area contributed by atoms with E-state index in [2.05, 4.69) is 34.6 Å². The fraction of sp³-hybridized carbons (Fsp3) is 0.231. The first-order valence-corrected chi connectivity index (χ1v) is 11.5. The van der Waals surface area contributed by atoms with Gasteiger partial charge < -0.3 is 14.7 Å². The molecule has 1 N–H and O–H groups in total. The molecule has 1 atom stereocenters. The predicted octanol–water partition coefficient (Wildman–Crippen LogP) is 3.99. The maximum Gasteiger partial charge on any atom is 0.410 e. The maximum atomic E-state index is 13.0. The summed E-state index contributed by atoms with van der Waals surface area (Å²) in [6.45, 7) is 0.595. The van der Waals surface area contributed by atoms with Crippen LogP contribution in [0, 0.1) is 0 Å². The van der Waals surface area contributed by atoms with Gasteiger partial charge in [-0.25, -0.2) is 9.59 Å². The number of hydrogen-bond acceptors (Lipinski definition) is 7. The first-order chi connectivity index (χ1) is 17.1. The second-order valence-electron chi connectivity index (χ2n) is 8.68. The van der Waals surface area contributed by atoms with Crippen molar-refractivity contribution in [3.63, 3.8) is 0 Å². The van der Waals surface area contributed by atoms with Crippen molar-refractivity contribution in [1.82, 2.24) is 20.1 Å². The van der Waals surface area contributed by atoms with Gasteiger partial charge in [0.05, 0.1) is 0 Å². The van der Waals surface area contributed by atoms with Crippen molar-refractivity contribution in [2.24, 2.45) is 0 Å². The highest BCUT2D eigenvalue weighted by atomic mass is 16.6. The van der Waals surface area contributed by atoms with E-state index in [-0.39, 0.29) is 23.8 Å². The van der Waals surface area contributed by atoms with Crippen LogP contribution >= 0.6 is 0 Å². The van der Waals surface area contributed by atoms with E-state index in [1.54, 1.807) is 18.2 Å². The molecule has 176 valence electrons. The van der Waals surface area contributed by atoms with E-state index >= 15 is 0 Å². The Morgan fingerprint density at radius 3 is 2.43 bits per heavy atom. The van der Waals surface area contributed by atoms with Crippen LogP contribution in [0.4, 0.5) is 4.79 Å². The third kappa shape index (κ3) is 3.56. The largest absolute Gasteiger partial charge is 0.448 e. The summed E-state index contributed by atoms with van der Waals surface area (Å²) in [7, 11) is 0. The highest BCUT2D eigenvalue weighted by molar-refractivity contribution is 5.88. The van der Waals surface area contributed by atoms with Crippen molar-refractivity contribution in [1.29, 1.82) is 0 Å². The van der Waals surface area contributed by atoms with E-state index in [0.29, 0.717) is 29.7 Å². The van der Waals surface area contributed by atoms with E-state index in [1.807, 2.05) is 24.3 Å². The Morgan fingerprint density at radius 1 is 0.971 bits per heavy atom. The van der Waals surface area contributed by atoms with Crippen molar-refractivity contribution in [2.75, 3.05) is 13.2 Å². The average Bonchev–Trinajstić information content (AvgIpc) is 3.60. The lowest BCUT2D eigenvalue weighted by Crippen LogP contribution is -2.43. The molecule has 6 rings (SSSR count). The van der Waals surface area contributed by atoms with Gasteiger partial charge in [0.25, 0.3) is 0 Å². The van der Waals surface area contributed by atoms with Crippen molar-refractivity contribution >= 4 is 23.1 Å². The summed E-state index contributed by atoms with van der Waals surface area (Å²) in [6.07, 6.45) is 0.609. The summed E-state index contributed by atoms with van der Waals surface area (Å²) < 4.78 is 11.3. The topological polar surface area (TPSA) is 107 Å². The molecule has 2 aliphatic rings. The molecule has 9 heteroatoms. The van der Waals surface area contributed by atoms with Gasteiger partial charge in [-0.05, 0) is 52.4 Å². The van der Waals surface area contributed by atoms with Crippen LogP contribution in [-0.2, 0) is 9.53 Å². The number of esters is 1. The Morgan fingerprint density at radius 2 is 1.69 bits per heavy atom. The fourth-order valence-corrected chi connectivity index (χ4v) is 5.07. The van der Waals surface area contributed by atoms with Crippen molar-refractivity contribution in [3.05, 3.63) is 77.9 Å². The molecule has 0 saturated carbocycles. The molecule has 1 amide bonds. The van der Waals surface area contributed by atoms with Crippen LogP contribution in [0.15, 0.2) is 66.7 Å². The zero-order valence-electron chi connectivity index (χ0n) is 18.7. The van der Waals surface area contributed by atoms with E-state index in [0.717, 1.165) is 22.3 Å². The first kappa shape index (κ1) is 21.2. The molecule has 1 fully saturated rings. The Bertz CT molecular complexity index is 1400. The van der Waals surface area contributed by atoms with Crippen LogP contribution in [0.1, 0.15) is 29.9 Å². The van der Waals surface area contributed by atoms with E-state index in [4.69, 9.17) is 9.47 Å².